The Morgan fingerprint density at radius 2 is 1.83 bits per heavy atom. The first kappa shape index (κ1) is 14.5. The Kier molecular flexibility index (Phi) is 3.46. The molecule has 1 aliphatic carbocycles. The third kappa shape index (κ3) is 2.45. The maximum atomic E-state index is 4.92. The van der Waals surface area contributed by atoms with E-state index in [2.05, 4.69) is 94.2 Å². The predicted molar refractivity (Wildman–Crippen MR) is 99.4 cm³/mol. The summed E-state index contributed by atoms with van der Waals surface area (Å²) < 4.78 is 3.45. The number of benzene rings is 2. The lowest BCUT2D eigenvalue weighted by Crippen LogP contribution is -2.28. The van der Waals surface area contributed by atoms with Crippen molar-refractivity contribution in [2.24, 2.45) is 0 Å². The minimum atomic E-state index is -0.104. The van der Waals surface area contributed by atoms with Crippen molar-refractivity contribution in [1.29, 1.82) is 0 Å². The molecule has 4 rings (SSSR count). The highest BCUT2D eigenvalue weighted by Crippen LogP contribution is 2.36. The first-order valence-electron chi connectivity index (χ1n) is 7.76. The molecule has 1 heterocycles. The van der Waals surface area contributed by atoms with E-state index in [1.807, 2.05) is 6.07 Å². The normalized spacial score (nSPS) is 20.3. The van der Waals surface area contributed by atoms with Gasteiger partial charge >= 0.3 is 0 Å². The lowest BCUT2D eigenvalue weighted by atomic mass is 9.92. The van der Waals surface area contributed by atoms with Gasteiger partial charge in [0, 0.05) is 10.0 Å². The zero-order valence-electron chi connectivity index (χ0n) is 12.9. The Morgan fingerprint density at radius 1 is 1.04 bits per heavy atom. The number of rotatable bonds is 2. The first-order chi connectivity index (χ1) is 11.2. The van der Waals surface area contributed by atoms with E-state index in [9.17, 15) is 0 Å². The third-order valence-corrected chi connectivity index (χ3v) is 4.94. The second kappa shape index (κ2) is 5.50. The molecule has 2 nitrogen and oxygen atoms in total. The van der Waals surface area contributed by atoms with Gasteiger partial charge in [0.1, 0.15) is 5.82 Å². The molecule has 0 saturated carbocycles. The first-order valence-corrected chi connectivity index (χ1v) is 8.55. The van der Waals surface area contributed by atoms with E-state index in [-0.39, 0.29) is 5.54 Å². The molecule has 0 radical (unpaired) electrons. The fraction of sp³-hybridized carbons (Fsp3) is 0.150. The Bertz CT molecular complexity index is 918. The number of nitrogens with zero attached hydrogens (tertiary/aromatic N) is 2. The van der Waals surface area contributed by atoms with Gasteiger partial charge in [0.25, 0.3) is 0 Å². The summed E-state index contributed by atoms with van der Waals surface area (Å²) in [5, 5.41) is 0. The molecule has 2 aromatic carbocycles. The second-order valence-electron chi connectivity index (χ2n) is 6.11. The van der Waals surface area contributed by atoms with Crippen LogP contribution in [0.2, 0.25) is 0 Å². The van der Waals surface area contributed by atoms with Crippen LogP contribution < -0.4 is 0 Å². The molecule has 0 saturated heterocycles. The monoisotopic (exact) mass is 364 g/mol. The van der Waals surface area contributed by atoms with Gasteiger partial charge in [0.15, 0.2) is 0 Å². The molecule has 1 aliphatic rings. The van der Waals surface area contributed by atoms with Crippen LogP contribution in [0.5, 0.6) is 0 Å². The van der Waals surface area contributed by atoms with Crippen LogP contribution in [0.25, 0.3) is 22.4 Å². The highest BCUT2D eigenvalue weighted by Gasteiger charge is 2.28. The average Bonchev–Trinajstić information content (AvgIpc) is 2.96. The summed E-state index contributed by atoms with van der Waals surface area (Å²) in [6, 6.07) is 16.7. The van der Waals surface area contributed by atoms with Gasteiger partial charge in [-0.1, -0.05) is 64.5 Å². The smallest absolute Gasteiger partial charge is 0.141 e. The number of fused-ring (bicyclic) bond motifs is 1. The molecule has 0 N–H and O–H groups in total. The molecule has 0 spiro atoms. The summed E-state index contributed by atoms with van der Waals surface area (Å²) in [6.07, 6.45) is 9.70. The van der Waals surface area contributed by atoms with E-state index in [1.165, 1.54) is 5.52 Å². The van der Waals surface area contributed by atoms with Gasteiger partial charge in [-0.2, -0.15) is 0 Å². The standard InChI is InChI=1S/C20H17BrN2/c1-20(13-5-2-6-14-20)23-18-8-4-3-7-17(18)22-19(23)15-9-11-16(21)12-10-15/h2-13H,14H2,1H3. The van der Waals surface area contributed by atoms with Crippen molar-refractivity contribution >= 4 is 27.0 Å². The average molecular weight is 365 g/mol. The van der Waals surface area contributed by atoms with Gasteiger partial charge in [-0.3, -0.25) is 0 Å². The van der Waals surface area contributed by atoms with E-state index < -0.39 is 0 Å². The molecule has 23 heavy (non-hydrogen) atoms. The summed E-state index contributed by atoms with van der Waals surface area (Å²) in [4.78, 5) is 4.92. The van der Waals surface area contributed by atoms with Gasteiger partial charge in [0.2, 0.25) is 0 Å². The quantitative estimate of drug-likeness (QED) is 0.570. The van der Waals surface area contributed by atoms with E-state index in [4.69, 9.17) is 4.98 Å². The van der Waals surface area contributed by atoms with Crippen molar-refractivity contribution in [1.82, 2.24) is 9.55 Å². The van der Waals surface area contributed by atoms with Crippen LogP contribution in [0.1, 0.15) is 13.3 Å². The molecule has 0 bridgehead atoms. The number of allylic oxidation sites excluding steroid dienone is 4. The van der Waals surface area contributed by atoms with Crippen LogP contribution in [-0.4, -0.2) is 9.55 Å². The predicted octanol–water partition coefficient (Wildman–Crippen LogP) is 5.70. The van der Waals surface area contributed by atoms with Crippen molar-refractivity contribution < 1.29 is 0 Å². The lowest BCUT2D eigenvalue weighted by Gasteiger charge is -2.31. The van der Waals surface area contributed by atoms with Crippen molar-refractivity contribution in [3.63, 3.8) is 0 Å². The summed E-state index contributed by atoms with van der Waals surface area (Å²) >= 11 is 3.51. The van der Waals surface area contributed by atoms with Crippen molar-refractivity contribution in [2.75, 3.05) is 0 Å². The highest BCUT2D eigenvalue weighted by atomic mass is 79.9. The zero-order valence-corrected chi connectivity index (χ0v) is 14.5. The van der Waals surface area contributed by atoms with Gasteiger partial charge in [-0.05, 0) is 37.6 Å². The molecule has 0 aliphatic heterocycles. The van der Waals surface area contributed by atoms with Crippen LogP contribution in [0.4, 0.5) is 0 Å². The van der Waals surface area contributed by atoms with Crippen LogP contribution in [-0.2, 0) is 5.54 Å². The molecular weight excluding hydrogens is 348 g/mol. The highest BCUT2D eigenvalue weighted by molar-refractivity contribution is 9.10. The molecule has 1 unspecified atom stereocenters. The molecular formula is C20H17BrN2. The molecule has 114 valence electrons. The molecule has 3 heteroatoms. The number of hydrogen-bond donors (Lipinski definition) is 0. The van der Waals surface area contributed by atoms with Crippen molar-refractivity contribution in [2.45, 2.75) is 18.9 Å². The summed E-state index contributed by atoms with van der Waals surface area (Å²) in [5.41, 5.74) is 3.24. The Hall–Kier alpha value is -2.13. The van der Waals surface area contributed by atoms with Crippen LogP contribution >= 0.6 is 15.9 Å². The van der Waals surface area contributed by atoms with Crippen molar-refractivity contribution in [3.05, 3.63) is 77.3 Å². The number of halogens is 1. The Labute approximate surface area is 144 Å². The number of aromatic nitrogens is 2. The van der Waals surface area contributed by atoms with Gasteiger partial charge in [-0.25, -0.2) is 4.98 Å². The van der Waals surface area contributed by atoms with Crippen molar-refractivity contribution in [3.8, 4) is 11.4 Å². The van der Waals surface area contributed by atoms with E-state index in [1.54, 1.807) is 0 Å². The fourth-order valence-electron chi connectivity index (χ4n) is 3.22. The largest absolute Gasteiger partial charge is 0.314 e. The zero-order chi connectivity index (χ0) is 15.9. The number of imidazole rings is 1. The van der Waals surface area contributed by atoms with Crippen LogP contribution in [0, 0.1) is 0 Å². The van der Waals surface area contributed by atoms with E-state index >= 15 is 0 Å². The minimum absolute atomic E-state index is 0.104. The molecule has 0 amide bonds. The SMILES string of the molecule is CC1(n2c(-c3ccc(Br)cc3)nc3ccccc32)C=CC=CC1. The van der Waals surface area contributed by atoms with E-state index in [0.29, 0.717) is 0 Å². The second-order valence-corrected chi connectivity index (χ2v) is 7.03. The van der Waals surface area contributed by atoms with E-state index in [0.717, 1.165) is 27.8 Å². The third-order valence-electron chi connectivity index (χ3n) is 4.41. The maximum absolute atomic E-state index is 4.92. The maximum Gasteiger partial charge on any atom is 0.141 e. The molecule has 0 fully saturated rings. The van der Waals surface area contributed by atoms with Crippen LogP contribution in [0.15, 0.2) is 77.3 Å². The Morgan fingerprint density at radius 3 is 2.57 bits per heavy atom. The fourth-order valence-corrected chi connectivity index (χ4v) is 3.48. The minimum Gasteiger partial charge on any atom is -0.314 e. The van der Waals surface area contributed by atoms with Gasteiger partial charge in [-0.15, -0.1) is 0 Å². The molecule has 1 aromatic heterocycles. The molecule has 1 atom stereocenters. The van der Waals surface area contributed by atoms with Gasteiger partial charge < -0.3 is 4.57 Å². The number of para-hydroxylation sites is 2. The lowest BCUT2D eigenvalue weighted by molar-refractivity contribution is 0.427. The molecule has 3 aromatic rings. The summed E-state index contributed by atoms with van der Waals surface area (Å²) in [7, 11) is 0. The topological polar surface area (TPSA) is 17.8 Å². The van der Waals surface area contributed by atoms with Gasteiger partial charge in [0.05, 0.1) is 16.6 Å². The summed E-state index contributed by atoms with van der Waals surface area (Å²) in [6.45, 7) is 2.27. The number of hydrogen-bond acceptors (Lipinski definition) is 1. The summed E-state index contributed by atoms with van der Waals surface area (Å²) in [5.74, 6) is 1.01. The van der Waals surface area contributed by atoms with Crippen LogP contribution in [0.3, 0.4) is 0 Å². The Balaban J connectivity index is 2.00.